The van der Waals surface area contributed by atoms with Crippen molar-refractivity contribution in [3.8, 4) is 0 Å². The van der Waals surface area contributed by atoms with Crippen molar-refractivity contribution in [3.05, 3.63) is 35.9 Å². The molecule has 0 unspecified atom stereocenters. The number of nitrogens with zero attached hydrogens (tertiary/aromatic N) is 1. The van der Waals surface area contributed by atoms with E-state index in [9.17, 15) is 4.79 Å². The standard InChI is InChI=1S/C20H31N3O2/c1-3-21-19(22-15-8-7-12-18(24)25-2)23-16-20(13-9-14-20)17-10-5-4-6-11-17/h4-6,10-11H,3,7-9,12-16H2,1-2H3,(H2,21,22,23). The van der Waals surface area contributed by atoms with Gasteiger partial charge in [0.05, 0.1) is 13.7 Å². The lowest BCUT2D eigenvalue weighted by Gasteiger charge is -2.41. The van der Waals surface area contributed by atoms with E-state index in [-0.39, 0.29) is 11.4 Å². The van der Waals surface area contributed by atoms with Gasteiger partial charge in [-0.25, -0.2) is 0 Å². The Labute approximate surface area is 151 Å². The van der Waals surface area contributed by atoms with Crippen LogP contribution in [0.4, 0.5) is 0 Å². The van der Waals surface area contributed by atoms with Gasteiger partial charge in [-0.05, 0) is 38.2 Å². The highest BCUT2D eigenvalue weighted by molar-refractivity contribution is 5.79. The van der Waals surface area contributed by atoms with Gasteiger partial charge in [-0.3, -0.25) is 9.79 Å². The van der Waals surface area contributed by atoms with Gasteiger partial charge in [0.25, 0.3) is 0 Å². The van der Waals surface area contributed by atoms with E-state index < -0.39 is 0 Å². The highest BCUT2D eigenvalue weighted by Gasteiger charge is 2.38. The molecule has 5 nitrogen and oxygen atoms in total. The van der Waals surface area contributed by atoms with E-state index in [1.807, 2.05) is 0 Å². The second-order valence-electron chi connectivity index (χ2n) is 6.66. The first-order chi connectivity index (χ1) is 12.2. The van der Waals surface area contributed by atoms with E-state index in [1.165, 1.54) is 31.9 Å². The summed E-state index contributed by atoms with van der Waals surface area (Å²) in [7, 11) is 1.43. The maximum absolute atomic E-state index is 11.1. The molecule has 0 atom stereocenters. The molecule has 138 valence electrons. The van der Waals surface area contributed by atoms with Crippen molar-refractivity contribution in [2.45, 2.75) is 50.9 Å². The first-order valence-corrected chi connectivity index (χ1v) is 9.35. The van der Waals surface area contributed by atoms with E-state index in [0.717, 1.165) is 38.4 Å². The number of unbranched alkanes of at least 4 members (excludes halogenated alkanes) is 1. The normalized spacial score (nSPS) is 16.0. The second kappa shape index (κ2) is 10.1. The van der Waals surface area contributed by atoms with Crippen molar-refractivity contribution < 1.29 is 9.53 Å². The summed E-state index contributed by atoms with van der Waals surface area (Å²) in [5.41, 5.74) is 1.60. The van der Waals surface area contributed by atoms with Crippen LogP contribution in [0.1, 0.15) is 51.0 Å². The fourth-order valence-electron chi connectivity index (χ4n) is 3.21. The van der Waals surface area contributed by atoms with Gasteiger partial charge in [0.1, 0.15) is 0 Å². The zero-order valence-electron chi connectivity index (χ0n) is 15.5. The van der Waals surface area contributed by atoms with Crippen LogP contribution in [0, 0.1) is 0 Å². The second-order valence-corrected chi connectivity index (χ2v) is 6.66. The Balaban J connectivity index is 1.85. The minimum absolute atomic E-state index is 0.143. The van der Waals surface area contributed by atoms with Gasteiger partial charge < -0.3 is 15.4 Å². The third-order valence-electron chi connectivity index (χ3n) is 4.91. The van der Waals surface area contributed by atoms with Gasteiger partial charge in [0.15, 0.2) is 5.96 Å². The van der Waals surface area contributed by atoms with Gasteiger partial charge in [0, 0.05) is 24.9 Å². The lowest BCUT2D eigenvalue weighted by Crippen LogP contribution is -2.42. The summed E-state index contributed by atoms with van der Waals surface area (Å²) >= 11 is 0. The van der Waals surface area contributed by atoms with Crippen LogP contribution < -0.4 is 10.6 Å². The van der Waals surface area contributed by atoms with Gasteiger partial charge in [-0.15, -0.1) is 0 Å². The number of aliphatic imine (C=N–C) groups is 1. The topological polar surface area (TPSA) is 62.7 Å². The van der Waals surface area contributed by atoms with Crippen molar-refractivity contribution in [1.82, 2.24) is 10.6 Å². The number of methoxy groups -OCH3 is 1. The van der Waals surface area contributed by atoms with Crippen LogP contribution in [0.15, 0.2) is 35.3 Å². The zero-order chi connectivity index (χ0) is 18.0. The highest BCUT2D eigenvalue weighted by atomic mass is 16.5. The Morgan fingerprint density at radius 2 is 1.96 bits per heavy atom. The Morgan fingerprint density at radius 3 is 2.56 bits per heavy atom. The molecular weight excluding hydrogens is 314 g/mol. The smallest absolute Gasteiger partial charge is 0.305 e. The SMILES string of the molecule is CCNC(=NCC1(c2ccccc2)CCC1)NCCCCC(=O)OC. The number of carbonyl (C=O) groups excluding carboxylic acids is 1. The van der Waals surface area contributed by atoms with Crippen molar-refractivity contribution >= 4 is 11.9 Å². The van der Waals surface area contributed by atoms with Crippen LogP contribution in [0.25, 0.3) is 0 Å². The Hall–Kier alpha value is -2.04. The molecule has 0 saturated heterocycles. The van der Waals surface area contributed by atoms with Gasteiger partial charge >= 0.3 is 5.97 Å². The van der Waals surface area contributed by atoms with Crippen LogP contribution in [-0.4, -0.2) is 38.7 Å². The average molecular weight is 345 g/mol. The predicted molar refractivity (Wildman–Crippen MR) is 102 cm³/mol. The largest absolute Gasteiger partial charge is 0.469 e. The average Bonchev–Trinajstić information content (AvgIpc) is 2.61. The summed E-state index contributed by atoms with van der Waals surface area (Å²) in [5, 5.41) is 6.68. The molecule has 1 aromatic carbocycles. The highest BCUT2D eigenvalue weighted by Crippen LogP contribution is 2.43. The van der Waals surface area contributed by atoms with Crippen molar-refractivity contribution in [2.24, 2.45) is 4.99 Å². The predicted octanol–water partition coefficient (Wildman–Crippen LogP) is 3.01. The molecule has 0 amide bonds. The molecule has 2 N–H and O–H groups in total. The number of benzene rings is 1. The molecule has 0 aliphatic heterocycles. The fourth-order valence-corrected chi connectivity index (χ4v) is 3.21. The van der Waals surface area contributed by atoms with Gasteiger partial charge in [-0.1, -0.05) is 36.8 Å². The van der Waals surface area contributed by atoms with E-state index in [4.69, 9.17) is 4.99 Å². The van der Waals surface area contributed by atoms with Crippen molar-refractivity contribution in [1.29, 1.82) is 0 Å². The summed E-state index contributed by atoms with van der Waals surface area (Å²) in [6.07, 6.45) is 5.92. The molecule has 25 heavy (non-hydrogen) atoms. The Bertz CT molecular complexity index is 553. The molecule has 0 spiro atoms. The Morgan fingerprint density at radius 1 is 1.20 bits per heavy atom. The monoisotopic (exact) mass is 345 g/mol. The maximum Gasteiger partial charge on any atom is 0.305 e. The molecular formula is C20H31N3O2. The van der Waals surface area contributed by atoms with Crippen molar-refractivity contribution in [3.63, 3.8) is 0 Å². The lowest BCUT2D eigenvalue weighted by molar-refractivity contribution is -0.140. The summed E-state index contributed by atoms with van der Waals surface area (Å²) in [4.78, 5) is 16.0. The van der Waals surface area contributed by atoms with Crippen LogP contribution >= 0.6 is 0 Å². The summed E-state index contributed by atoms with van der Waals surface area (Å²) in [6.45, 7) is 4.53. The summed E-state index contributed by atoms with van der Waals surface area (Å²) in [6, 6.07) is 10.7. The van der Waals surface area contributed by atoms with Crippen LogP contribution in [0.2, 0.25) is 0 Å². The quantitative estimate of drug-likeness (QED) is 0.313. The molecule has 1 fully saturated rings. The molecule has 1 saturated carbocycles. The van der Waals surface area contributed by atoms with E-state index in [1.54, 1.807) is 0 Å². The first kappa shape index (κ1) is 19.3. The number of ether oxygens (including phenoxy) is 1. The van der Waals surface area contributed by atoms with Crippen LogP contribution in [-0.2, 0) is 14.9 Å². The fraction of sp³-hybridized carbons (Fsp3) is 0.600. The summed E-state index contributed by atoms with van der Waals surface area (Å²) < 4.78 is 4.66. The van der Waals surface area contributed by atoms with Crippen LogP contribution in [0.3, 0.4) is 0 Å². The lowest BCUT2D eigenvalue weighted by atomic mass is 9.64. The number of esters is 1. The number of hydrogen-bond acceptors (Lipinski definition) is 3. The van der Waals surface area contributed by atoms with E-state index >= 15 is 0 Å². The Kier molecular flexibility index (Phi) is 7.76. The number of guanidine groups is 1. The van der Waals surface area contributed by atoms with E-state index in [2.05, 4.69) is 52.6 Å². The molecule has 1 aliphatic carbocycles. The van der Waals surface area contributed by atoms with E-state index in [0.29, 0.717) is 6.42 Å². The number of nitrogens with one attached hydrogen (secondary N) is 2. The molecule has 2 rings (SSSR count). The third-order valence-corrected chi connectivity index (χ3v) is 4.91. The van der Waals surface area contributed by atoms with Gasteiger partial charge in [0.2, 0.25) is 0 Å². The third kappa shape index (κ3) is 5.76. The molecule has 0 heterocycles. The summed E-state index contributed by atoms with van der Waals surface area (Å²) in [5.74, 6) is 0.720. The first-order valence-electron chi connectivity index (χ1n) is 9.35. The molecule has 1 aromatic rings. The van der Waals surface area contributed by atoms with Crippen LogP contribution in [0.5, 0.6) is 0 Å². The molecule has 1 aliphatic rings. The number of hydrogen-bond donors (Lipinski definition) is 2. The molecule has 5 heteroatoms. The number of rotatable bonds is 9. The maximum atomic E-state index is 11.1. The van der Waals surface area contributed by atoms with Crippen molar-refractivity contribution in [2.75, 3.05) is 26.7 Å². The molecule has 0 radical (unpaired) electrons. The molecule has 0 aromatic heterocycles. The minimum atomic E-state index is -0.143. The van der Waals surface area contributed by atoms with Gasteiger partial charge in [-0.2, -0.15) is 0 Å². The zero-order valence-corrected chi connectivity index (χ0v) is 15.5. The minimum Gasteiger partial charge on any atom is -0.469 e. The number of carbonyl (C=O) groups is 1. The molecule has 0 bridgehead atoms.